The molecule has 0 amide bonds. The molecule has 1 fully saturated rings. The van der Waals surface area contributed by atoms with Gasteiger partial charge in [0.1, 0.15) is 0 Å². The summed E-state index contributed by atoms with van der Waals surface area (Å²) in [6.07, 6.45) is 6.35. The Morgan fingerprint density at radius 3 is 2.75 bits per heavy atom. The van der Waals surface area contributed by atoms with E-state index < -0.39 is 10.2 Å². The van der Waals surface area contributed by atoms with Crippen LogP contribution in [0.15, 0.2) is 42.7 Å². The highest BCUT2D eigenvalue weighted by atomic mass is 32.2. The average Bonchev–Trinajstić information content (AvgIpc) is 3.10. The van der Waals surface area contributed by atoms with Gasteiger partial charge in [0.2, 0.25) is 0 Å². The first kappa shape index (κ1) is 17.1. The van der Waals surface area contributed by atoms with E-state index in [1.54, 1.807) is 15.2 Å². The van der Waals surface area contributed by atoms with Crippen LogP contribution < -0.4 is 4.72 Å². The van der Waals surface area contributed by atoms with Gasteiger partial charge in [0.15, 0.2) is 0 Å². The molecule has 24 heavy (non-hydrogen) atoms. The summed E-state index contributed by atoms with van der Waals surface area (Å²) in [5, 5.41) is 4.19. The highest BCUT2D eigenvalue weighted by molar-refractivity contribution is 7.87. The first-order chi connectivity index (χ1) is 11.5. The monoisotopic (exact) mass is 348 g/mol. The van der Waals surface area contributed by atoms with Crippen LogP contribution in [0.1, 0.15) is 25.3 Å². The summed E-state index contributed by atoms with van der Waals surface area (Å²) < 4.78 is 30.8. The topological polar surface area (TPSA) is 67.2 Å². The second-order valence-corrected chi connectivity index (χ2v) is 8.13. The lowest BCUT2D eigenvalue weighted by Crippen LogP contribution is -2.46. The van der Waals surface area contributed by atoms with E-state index in [1.807, 2.05) is 36.5 Å². The largest absolute Gasteiger partial charge is 0.279 e. The Bertz CT molecular complexity index is 741. The Morgan fingerprint density at radius 2 is 2.08 bits per heavy atom. The fourth-order valence-electron chi connectivity index (χ4n) is 3.02. The Hall–Kier alpha value is -1.70. The van der Waals surface area contributed by atoms with Gasteiger partial charge in [-0.15, -0.1) is 0 Å². The maximum atomic E-state index is 12.3. The molecule has 1 atom stereocenters. The minimum absolute atomic E-state index is 0.411. The number of nitrogens with zero attached hydrogens (tertiary/aromatic N) is 3. The number of nitrogens with one attached hydrogen (secondary N) is 1. The molecule has 0 bridgehead atoms. The number of piperidine rings is 1. The van der Waals surface area contributed by atoms with Crippen molar-refractivity contribution in [2.24, 2.45) is 5.92 Å². The Labute approximate surface area is 143 Å². The van der Waals surface area contributed by atoms with Crippen molar-refractivity contribution >= 4 is 10.2 Å². The predicted octanol–water partition coefficient (Wildman–Crippen LogP) is 1.98. The van der Waals surface area contributed by atoms with Crippen LogP contribution in [0.5, 0.6) is 0 Å². The Kier molecular flexibility index (Phi) is 5.33. The molecule has 1 aliphatic rings. The van der Waals surface area contributed by atoms with Crippen LogP contribution in [-0.2, 0) is 16.6 Å². The van der Waals surface area contributed by atoms with E-state index >= 15 is 0 Å². The first-order valence-corrected chi connectivity index (χ1v) is 9.82. The van der Waals surface area contributed by atoms with Crippen LogP contribution in [0, 0.1) is 5.92 Å². The van der Waals surface area contributed by atoms with E-state index in [0.717, 1.165) is 24.1 Å². The molecule has 130 valence electrons. The molecule has 2 aromatic rings. The summed E-state index contributed by atoms with van der Waals surface area (Å²) in [7, 11) is -3.36. The summed E-state index contributed by atoms with van der Waals surface area (Å²) >= 11 is 0. The molecule has 1 aromatic carbocycles. The van der Waals surface area contributed by atoms with Crippen molar-refractivity contribution in [3.63, 3.8) is 0 Å². The van der Waals surface area contributed by atoms with Crippen LogP contribution >= 0.6 is 0 Å². The van der Waals surface area contributed by atoms with Crippen molar-refractivity contribution in [3.05, 3.63) is 48.3 Å². The van der Waals surface area contributed by atoms with Crippen molar-refractivity contribution in [1.29, 1.82) is 0 Å². The van der Waals surface area contributed by atoms with E-state index in [2.05, 4.69) is 16.7 Å². The van der Waals surface area contributed by atoms with Crippen molar-refractivity contribution in [2.75, 3.05) is 19.6 Å². The van der Waals surface area contributed by atoms with Gasteiger partial charge in [-0.1, -0.05) is 19.1 Å². The number of rotatable bonds is 6. The summed E-state index contributed by atoms with van der Waals surface area (Å²) in [5.41, 5.74) is 2.09. The van der Waals surface area contributed by atoms with E-state index in [0.29, 0.717) is 32.0 Å². The van der Waals surface area contributed by atoms with Gasteiger partial charge in [-0.05, 0) is 48.9 Å². The summed E-state index contributed by atoms with van der Waals surface area (Å²) in [6.45, 7) is 3.75. The quantitative estimate of drug-likeness (QED) is 0.868. The minimum atomic E-state index is -3.36. The smallest absolute Gasteiger partial charge is 0.241 e. The zero-order valence-electron chi connectivity index (χ0n) is 13.9. The van der Waals surface area contributed by atoms with Gasteiger partial charge >= 0.3 is 0 Å². The molecule has 1 saturated heterocycles. The van der Waals surface area contributed by atoms with E-state index in [1.165, 1.54) is 0 Å². The van der Waals surface area contributed by atoms with Crippen molar-refractivity contribution in [1.82, 2.24) is 18.8 Å². The second kappa shape index (κ2) is 7.46. The van der Waals surface area contributed by atoms with Crippen LogP contribution in [0.25, 0.3) is 5.69 Å². The van der Waals surface area contributed by atoms with Crippen molar-refractivity contribution in [3.8, 4) is 5.69 Å². The third-order valence-electron chi connectivity index (χ3n) is 4.36. The number of hydrogen-bond acceptors (Lipinski definition) is 3. The Morgan fingerprint density at radius 1 is 1.29 bits per heavy atom. The summed E-state index contributed by atoms with van der Waals surface area (Å²) in [6, 6.07) is 9.87. The lowest BCUT2D eigenvalue weighted by atomic mass is 10.0. The third kappa shape index (κ3) is 4.23. The van der Waals surface area contributed by atoms with Crippen LogP contribution in [0.3, 0.4) is 0 Å². The molecular formula is C17H24N4O2S. The normalized spacial score (nSPS) is 19.5. The number of aromatic nitrogens is 2. The molecule has 1 aliphatic heterocycles. The molecule has 0 saturated carbocycles. The molecule has 7 heteroatoms. The number of hydrogen-bond donors (Lipinski definition) is 1. The standard InChI is InChI=1S/C17H24N4O2S/c1-15-4-2-12-20(14-15)24(22,23)19-11-9-16-5-7-17(8-6-16)21-13-3-10-18-21/h3,5-8,10,13,15,19H,2,4,9,11-12,14H2,1H3/t15-/m1/s1. The van der Waals surface area contributed by atoms with Gasteiger partial charge in [-0.2, -0.15) is 17.8 Å². The molecule has 2 heterocycles. The van der Waals surface area contributed by atoms with Gasteiger partial charge in [-0.3, -0.25) is 0 Å². The van der Waals surface area contributed by atoms with E-state index in [9.17, 15) is 8.42 Å². The molecule has 1 aromatic heterocycles. The van der Waals surface area contributed by atoms with E-state index in [-0.39, 0.29) is 0 Å². The maximum absolute atomic E-state index is 12.3. The molecule has 0 radical (unpaired) electrons. The maximum Gasteiger partial charge on any atom is 0.279 e. The van der Waals surface area contributed by atoms with Crippen LogP contribution in [0.4, 0.5) is 0 Å². The highest BCUT2D eigenvalue weighted by Crippen LogP contribution is 2.17. The average molecular weight is 348 g/mol. The molecule has 3 rings (SSSR count). The lowest BCUT2D eigenvalue weighted by molar-refractivity contribution is 0.278. The van der Waals surface area contributed by atoms with Crippen LogP contribution in [-0.4, -0.2) is 42.1 Å². The molecule has 0 unspecified atom stereocenters. The fraction of sp³-hybridized carbons (Fsp3) is 0.471. The van der Waals surface area contributed by atoms with Gasteiger partial charge < -0.3 is 0 Å². The Balaban J connectivity index is 1.52. The van der Waals surface area contributed by atoms with Crippen molar-refractivity contribution in [2.45, 2.75) is 26.2 Å². The molecule has 0 aliphatic carbocycles. The summed E-state index contributed by atoms with van der Waals surface area (Å²) in [5.74, 6) is 0.435. The lowest BCUT2D eigenvalue weighted by Gasteiger charge is -2.29. The minimum Gasteiger partial charge on any atom is -0.241 e. The first-order valence-electron chi connectivity index (χ1n) is 8.38. The highest BCUT2D eigenvalue weighted by Gasteiger charge is 2.26. The SMILES string of the molecule is C[C@@H]1CCCN(S(=O)(=O)NCCc2ccc(-n3cccn3)cc2)C1. The van der Waals surface area contributed by atoms with Gasteiger partial charge in [0.25, 0.3) is 10.2 Å². The second-order valence-electron chi connectivity index (χ2n) is 6.37. The number of benzene rings is 1. The van der Waals surface area contributed by atoms with Gasteiger partial charge in [0.05, 0.1) is 5.69 Å². The van der Waals surface area contributed by atoms with Crippen LogP contribution in [0.2, 0.25) is 0 Å². The van der Waals surface area contributed by atoms with Crippen molar-refractivity contribution < 1.29 is 8.42 Å². The third-order valence-corrected chi connectivity index (χ3v) is 5.94. The molecular weight excluding hydrogens is 324 g/mol. The molecule has 0 spiro atoms. The van der Waals surface area contributed by atoms with Gasteiger partial charge in [-0.25, -0.2) is 9.40 Å². The molecule has 1 N–H and O–H groups in total. The fourth-order valence-corrected chi connectivity index (χ4v) is 4.38. The van der Waals surface area contributed by atoms with E-state index in [4.69, 9.17) is 0 Å². The summed E-state index contributed by atoms with van der Waals surface area (Å²) in [4.78, 5) is 0. The molecule has 6 nitrogen and oxygen atoms in total. The zero-order valence-corrected chi connectivity index (χ0v) is 14.7. The van der Waals surface area contributed by atoms with Gasteiger partial charge in [0, 0.05) is 32.0 Å². The predicted molar refractivity (Wildman–Crippen MR) is 94.2 cm³/mol. The zero-order chi connectivity index (χ0) is 17.0.